The predicted octanol–water partition coefficient (Wildman–Crippen LogP) is 2.54. The summed E-state index contributed by atoms with van der Waals surface area (Å²) in [6.07, 6.45) is 8.83. The van der Waals surface area contributed by atoms with Crippen molar-refractivity contribution >= 4 is 18.1 Å². The minimum Gasteiger partial charge on any atom is -0.443 e. The van der Waals surface area contributed by atoms with Crippen molar-refractivity contribution in [2.24, 2.45) is 10.9 Å². The Kier molecular flexibility index (Phi) is 5.27. The number of hydrogen-bond donors (Lipinski definition) is 3. The molecule has 0 saturated carbocycles. The Labute approximate surface area is 154 Å². The van der Waals surface area contributed by atoms with Crippen LogP contribution in [0.25, 0.3) is 0 Å². The molecule has 1 fully saturated rings. The number of allylic oxidation sites excluding steroid dienone is 1. The molecule has 140 valence electrons. The standard InChI is InChI=1S/C19H27N5O2/c1-19(2,3)26-18(25)24-12-14(13-5-9-21-10-6-13)11-15(16(24)20)17-22-7-4-8-23-17/h4,7-8,11,13,20-22H,5-6,9-10,12H2,1-3H3. The fourth-order valence-corrected chi connectivity index (χ4v) is 3.27. The maximum atomic E-state index is 12.7. The van der Waals surface area contributed by atoms with Crippen LogP contribution in [0.15, 0.2) is 40.3 Å². The molecule has 0 aromatic heterocycles. The first-order valence-corrected chi connectivity index (χ1v) is 9.06. The lowest BCUT2D eigenvalue weighted by Crippen LogP contribution is -2.46. The van der Waals surface area contributed by atoms with E-state index < -0.39 is 11.7 Å². The minimum absolute atomic E-state index is 0.117. The first-order valence-electron chi connectivity index (χ1n) is 9.06. The topological polar surface area (TPSA) is 89.8 Å². The number of carbonyl (C=O) groups excluding carboxylic acids is 1. The number of nitrogens with zero attached hydrogens (tertiary/aromatic N) is 2. The number of nitrogens with one attached hydrogen (secondary N) is 3. The Morgan fingerprint density at radius 3 is 2.69 bits per heavy atom. The van der Waals surface area contributed by atoms with E-state index in [0.29, 0.717) is 23.9 Å². The molecule has 3 N–H and O–H groups in total. The highest BCUT2D eigenvalue weighted by Gasteiger charge is 2.34. The van der Waals surface area contributed by atoms with Crippen molar-refractivity contribution in [1.29, 1.82) is 5.41 Å². The third-order valence-electron chi connectivity index (χ3n) is 4.53. The van der Waals surface area contributed by atoms with E-state index >= 15 is 0 Å². The number of aliphatic imine (C=N–C) groups is 1. The Morgan fingerprint density at radius 1 is 1.35 bits per heavy atom. The molecule has 3 aliphatic rings. The smallest absolute Gasteiger partial charge is 0.416 e. The van der Waals surface area contributed by atoms with Gasteiger partial charge in [0.2, 0.25) is 0 Å². The average Bonchev–Trinajstić information content (AvgIpc) is 2.62. The summed E-state index contributed by atoms with van der Waals surface area (Å²) in [4.78, 5) is 18.5. The van der Waals surface area contributed by atoms with Gasteiger partial charge in [0.05, 0.1) is 12.1 Å². The van der Waals surface area contributed by atoms with E-state index in [2.05, 4.69) is 15.6 Å². The Balaban J connectivity index is 1.94. The van der Waals surface area contributed by atoms with Gasteiger partial charge in [0.25, 0.3) is 0 Å². The third-order valence-corrected chi connectivity index (χ3v) is 4.53. The van der Waals surface area contributed by atoms with Crippen LogP contribution in [0.4, 0.5) is 4.79 Å². The van der Waals surface area contributed by atoms with Crippen molar-refractivity contribution in [3.8, 4) is 0 Å². The van der Waals surface area contributed by atoms with Gasteiger partial charge in [-0.2, -0.15) is 0 Å². The molecule has 3 heterocycles. The van der Waals surface area contributed by atoms with Gasteiger partial charge < -0.3 is 15.4 Å². The lowest BCUT2D eigenvalue weighted by molar-refractivity contribution is 0.0375. The predicted molar refractivity (Wildman–Crippen MR) is 102 cm³/mol. The lowest BCUT2D eigenvalue weighted by Gasteiger charge is -2.35. The van der Waals surface area contributed by atoms with Crippen LogP contribution in [0.5, 0.6) is 0 Å². The quantitative estimate of drug-likeness (QED) is 0.673. The molecule has 0 unspecified atom stereocenters. The molecule has 0 aromatic rings. The zero-order valence-electron chi connectivity index (χ0n) is 15.6. The number of ether oxygens (including phenoxy) is 1. The first-order chi connectivity index (χ1) is 12.3. The van der Waals surface area contributed by atoms with Crippen molar-refractivity contribution in [2.45, 2.75) is 39.2 Å². The summed E-state index contributed by atoms with van der Waals surface area (Å²) in [7, 11) is 0. The SMILES string of the molecule is CC(C)(C)OC(=O)N1CC(C2CCNCC2)=CC(=C2N=CC=CN2)C1=N. The summed E-state index contributed by atoms with van der Waals surface area (Å²) in [5, 5.41) is 15.0. The van der Waals surface area contributed by atoms with Crippen LogP contribution in [-0.4, -0.2) is 48.3 Å². The highest BCUT2D eigenvalue weighted by atomic mass is 16.6. The van der Waals surface area contributed by atoms with Crippen molar-refractivity contribution in [3.05, 3.63) is 35.3 Å². The summed E-state index contributed by atoms with van der Waals surface area (Å²) in [6, 6.07) is 0. The van der Waals surface area contributed by atoms with Gasteiger partial charge in [-0.1, -0.05) is 0 Å². The molecule has 3 rings (SSSR count). The van der Waals surface area contributed by atoms with E-state index in [1.807, 2.05) is 26.8 Å². The zero-order valence-corrected chi connectivity index (χ0v) is 15.6. The van der Waals surface area contributed by atoms with Gasteiger partial charge in [-0.05, 0) is 70.3 Å². The van der Waals surface area contributed by atoms with Gasteiger partial charge in [0.1, 0.15) is 17.3 Å². The van der Waals surface area contributed by atoms with E-state index in [0.717, 1.165) is 31.5 Å². The second kappa shape index (κ2) is 7.45. The molecule has 0 spiro atoms. The van der Waals surface area contributed by atoms with Crippen LogP contribution >= 0.6 is 0 Å². The number of amidine groups is 1. The van der Waals surface area contributed by atoms with Crippen LogP contribution in [0, 0.1) is 11.3 Å². The maximum absolute atomic E-state index is 12.7. The summed E-state index contributed by atoms with van der Waals surface area (Å²) >= 11 is 0. The number of carbonyl (C=O) groups is 1. The summed E-state index contributed by atoms with van der Waals surface area (Å²) in [6.45, 7) is 7.83. The Morgan fingerprint density at radius 2 is 2.08 bits per heavy atom. The van der Waals surface area contributed by atoms with Crippen LogP contribution in [0.3, 0.4) is 0 Å². The first kappa shape index (κ1) is 18.4. The molecule has 1 amide bonds. The molecule has 1 saturated heterocycles. The largest absolute Gasteiger partial charge is 0.443 e. The van der Waals surface area contributed by atoms with Crippen LogP contribution < -0.4 is 10.6 Å². The van der Waals surface area contributed by atoms with E-state index in [9.17, 15) is 4.79 Å². The fraction of sp³-hybridized carbons (Fsp3) is 0.526. The molecule has 7 nitrogen and oxygen atoms in total. The zero-order chi connectivity index (χ0) is 18.7. The molecule has 26 heavy (non-hydrogen) atoms. The lowest BCUT2D eigenvalue weighted by atomic mass is 9.86. The second-order valence-electron chi connectivity index (χ2n) is 7.70. The number of amides is 1. The number of hydrogen-bond acceptors (Lipinski definition) is 6. The highest BCUT2D eigenvalue weighted by molar-refractivity contribution is 6.08. The Hall–Kier alpha value is -2.41. The summed E-state index contributed by atoms with van der Waals surface area (Å²) in [5.41, 5.74) is 1.17. The van der Waals surface area contributed by atoms with Gasteiger partial charge in [-0.3, -0.25) is 10.3 Å². The maximum Gasteiger partial charge on any atom is 0.416 e. The summed E-state index contributed by atoms with van der Waals surface area (Å²) in [5.74, 6) is 1.09. The van der Waals surface area contributed by atoms with Crippen molar-refractivity contribution in [2.75, 3.05) is 19.6 Å². The van der Waals surface area contributed by atoms with E-state index in [1.54, 1.807) is 18.5 Å². The molecule has 0 bridgehead atoms. The molecule has 0 atom stereocenters. The van der Waals surface area contributed by atoms with Crippen LogP contribution in [-0.2, 0) is 4.74 Å². The Bertz CT molecular complexity index is 706. The molecule has 0 aliphatic carbocycles. The number of rotatable bonds is 1. The van der Waals surface area contributed by atoms with Gasteiger partial charge in [-0.15, -0.1) is 0 Å². The van der Waals surface area contributed by atoms with Crippen molar-refractivity contribution < 1.29 is 9.53 Å². The normalized spacial score (nSPS) is 24.3. The molecular weight excluding hydrogens is 330 g/mol. The average molecular weight is 357 g/mol. The van der Waals surface area contributed by atoms with Gasteiger partial charge in [0, 0.05) is 12.4 Å². The fourth-order valence-electron chi connectivity index (χ4n) is 3.27. The van der Waals surface area contributed by atoms with Gasteiger partial charge in [-0.25, -0.2) is 9.79 Å². The highest BCUT2D eigenvalue weighted by Crippen LogP contribution is 2.30. The minimum atomic E-state index is -0.606. The summed E-state index contributed by atoms with van der Waals surface area (Å²) < 4.78 is 5.53. The molecule has 0 radical (unpaired) electrons. The van der Waals surface area contributed by atoms with Crippen LogP contribution in [0.1, 0.15) is 33.6 Å². The van der Waals surface area contributed by atoms with Gasteiger partial charge in [0.15, 0.2) is 0 Å². The monoisotopic (exact) mass is 357 g/mol. The molecular formula is C19H27N5O2. The van der Waals surface area contributed by atoms with Gasteiger partial charge >= 0.3 is 6.09 Å². The van der Waals surface area contributed by atoms with E-state index in [-0.39, 0.29) is 5.84 Å². The van der Waals surface area contributed by atoms with E-state index in [1.165, 1.54) is 4.90 Å². The van der Waals surface area contributed by atoms with Crippen molar-refractivity contribution in [3.63, 3.8) is 0 Å². The van der Waals surface area contributed by atoms with Crippen molar-refractivity contribution in [1.82, 2.24) is 15.5 Å². The second-order valence-corrected chi connectivity index (χ2v) is 7.70. The molecule has 7 heteroatoms. The molecule has 3 aliphatic heterocycles. The van der Waals surface area contributed by atoms with Crippen LogP contribution in [0.2, 0.25) is 0 Å². The number of piperidine rings is 1. The van der Waals surface area contributed by atoms with E-state index in [4.69, 9.17) is 10.1 Å². The third kappa shape index (κ3) is 4.22. The molecule has 0 aromatic carbocycles.